The van der Waals surface area contributed by atoms with Crippen LogP contribution in [0.3, 0.4) is 0 Å². The van der Waals surface area contributed by atoms with Crippen molar-refractivity contribution >= 4 is 11.0 Å². The molecule has 0 fully saturated rings. The summed E-state index contributed by atoms with van der Waals surface area (Å²) in [5.41, 5.74) is 4.26. The van der Waals surface area contributed by atoms with Crippen LogP contribution in [0.5, 0.6) is 5.75 Å². The van der Waals surface area contributed by atoms with Gasteiger partial charge in [-0.05, 0) is 35.4 Å². The molecule has 0 saturated carbocycles. The van der Waals surface area contributed by atoms with Crippen molar-refractivity contribution in [3.8, 4) is 28.1 Å². The fraction of sp³-hybridized carbons (Fsp3) is 0.100. The fourth-order valence-corrected chi connectivity index (χ4v) is 2.98. The molecule has 1 unspecified atom stereocenters. The summed E-state index contributed by atoms with van der Waals surface area (Å²) < 4.78 is 0. The van der Waals surface area contributed by atoms with Crippen LogP contribution < -0.4 is 0 Å². The van der Waals surface area contributed by atoms with Crippen molar-refractivity contribution < 1.29 is 15.3 Å². The first-order valence-corrected chi connectivity index (χ1v) is 8.19. The van der Waals surface area contributed by atoms with Gasteiger partial charge in [0.2, 0.25) is 0 Å². The van der Waals surface area contributed by atoms with Gasteiger partial charge in [0.15, 0.2) is 5.65 Å². The molecule has 2 aromatic carbocycles. The van der Waals surface area contributed by atoms with Gasteiger partial charge < -0.3 is 15.3 Å². The summed E-state index contributed by atoms with van der Waals surface area (Å²) >= 11 is 0. The predicted octanol–water partition coefficient (Wildman–Crippen LogP) is 3.02. The second-order valence-electron chi connectivity index (χ2n) is 6.03. The Hall–Kier alpha value is -3.22. The molecule has 0 bridgehead atoms. The molecule has 0 aliphatic carbocycles. The number of fused-ring (bicyclic) bond motifs is 1. The Bertz CT molecular complexity index is 1070. The number of benzene rings is 2. The van der Waals surface area contributed by atoms with Gasteiger partial charge in [-0.3, -0.25) is 5.10 Å². The molecule has 0 aliphatic rings. The summed E-state index contributed by atoms with van der Waals surface area (Å²) in [6, 6.07) is 16.3. The van der Waals surface area contributed by atoms with Crippen molar-refractivity contribution in [2.75, 3.05) is 6.61 Å². The Morgan fingerprint density at radius 3 is 2.65 bits per heavy atom. The number of H-pyrrole nitrogens is 1. The van der Waals surface area contributed by atoms with Crippen LogP contribution in [0.1, 0.15) is 11.7 Å². The van der Waals surface area contributed by atoms with Crippen LogP contribution in [0.4, 0.5) is 0 Å². The number of aromatic amines is 1. The lowest BCUT2D eigenvalue weighted by Gasteiger charge is -2.10. The minimum absolute atomic E-state index is 0.163. The second kappa shape index (κ2) is 6.59. The van der Waals surface area contributed by atoms with Gasteiger partial charge in [0.05, 0.1) is 12.3 Å². The zero-order chi connectivity index (χ0) is 18.1. The lowest BCUT2D eigenvalue weighted by Crippen LogP contribution is -2.02. The molecule has 4 rings (SSSR count). The topological polar surface area (TPSA) is 102 Å². The molecule has 26 heavy (non-hydrogen) atoms. The smallest absolute Gasteiger partial charge is 0.181 e. The van der Waals surface area contributed by atoms with Crippen molar-refractivity contribution in [3.05, 3.63) is 66.4 Å². The zero-order valence-electron chi connectivity index (χ0n) is 13.8. The minimum Gasteiger partial charge on any atom is -0.507 e. The van der Waals surface area contributed by atoms with Crippen LogP contribution in [0.15, 0.2) is 60.8 Å². The SMILES string of the molecule is OCC(O)c1cccc(-c2cnc3n[nH]c(-c4ccccc4O)c3c2)c1. The van der Waals surface area contributed by atoms with Gasteiger partial charge in [-0.15, -0.1) is 0 Å². The van der Waals surface area contributed by atoms with Crippen LogP contribution >= 0.6 is 0 Å². The molecule has 4 N–H and O–H groups in total. The molecular formula is C20H17N3O3. The van der Waals surface area contributed by atoms with Crippen molar-refractivity contribution in [2.45, 2.75) is 6.10 Å². The maximum absolute atomic E-state index is 10.1. The van der Waals surface area contributed by atoms with Gasteiger partial charge in [0.1, 0.15) is 11.9 Å². The molecular weight excluding hydrogens is 330 g/mol. The Kier molecular flexibility index (Phi) is 4.12. The summed E-state index contributed by atoms with van der Waals surface area (Å²) in [6.07, 6.45) is 0.791. The van der Waals surface area contributed by atoms with Crippen molar-refractivity contribution in [1.82, 2.24) is 15.2 Å². The number of hydrogen-bond donors (Lipinski definition) is 4. The molecule has 4 aromatic rings. The molecule has 0 radical (unpaired) electrons. The largest absolute Gasteiger partial charge is 0.507 e. The lowest BCUT2D eigenvalue weighted by molar-refractivity contribution is 0.0956. The third-order valence-corrected chi connectivity index (χ3v) is 4.36. The molecule has 0 amide bonds. The first kappa shape index (κ1) is 16.3. The highest BCUT2D eigenvalue weighted by atomic mass is 16.3. The summed E-state index contributed by atoms with van der Waals surface area (Å²) in [5.74, 6) is 0.163. The quantitative estimate of drug-likeness (QED) is 0.454. The van der Waals surface area contributed by atoms with E-state index in [4.69, 9.17) is 5.11 Å². The number of hydrogen-bond acceptors (Lipinski definition) is 5. The monoisotopic (exact) mass is 347 g/mol. The molecule has 0 saturated heterocycles. The van der Waals surface area contributed by atoms with Gasteiger partial charge in [0.25, 0.3) is 0 Å². The number of pyridine rings is 1. The van der Waals surface area contributed by atoms with Crippen LogP contribution in [-0.4, -0.2) is 37.1 Å². The Morgan fingerprint density at radius 1 is 1.00 bits per heavy atom. The normalized spacial score (nSPS) is 12.4. The average Bonchev–Trinajstić information content (AvgIpc) is 3.11. The number of aromatic hydroxyl groups is 1. The molecule has 0 spiro atoms. The van der Waals surface area contributed by atoms with Crippen LogP contribution in [0.25, 0.3) is 33.4 Å². The van der Waals surface area contributed by atoms with Crippen LogP contribution in [0, 0.1) is 0 Å². The molecule has 2 heterocycles. The number of rotatable bonds is 4. The van der Waals surface area contributed by atoms with Crippen LogP contribution in [0.2, 0.25) is 0 Å². The fourth-order valence-electron chi connectivity index (χ4n) is 2.98. The number of nitrogens with zero attached hydrogens (tertiary/aromatic N) is 2. The van der Waals surface area contributed by atoms with E-state index in [1.807, 2.05) is 36.4 Å². The predicted molar refractivity (Wildman–Crippen MR) is 98.5 cm³/mol. The summed E-state index contributed by atoms with van der Waals surface area (Å²) in [4.78, 5) is 4.39. The Balaban J connectivity index is 1.84. The highest BCUT2D eigenvalue weighted by molar-refractivity contribution is 5.94. The van der Waals surface area contributed by atoms with Gasteiger partial charge >= 0.3 is 0 Å². The van der Waals surface area contributed by atoms with Gasteiger partial charge in [-0.1, -0.05) is 30.3 Å². The lowest BCUT2D eigenvalue weighted by atomic mass is 10.0. The van der Waals surface area contributed by atoms with E-state index in [0.29, 0.717) is 22.5 Å². The van der Waals surface area contributed by atoms with E-state index in [0.717, 1.165) is 16.5 Å². The molecule has 0 aliphatic heterocycles. The number of aromatic nitrogens is 3. The van der Waals surface area contributed by atoms with Crippen molar-refractivity contribution in [2.24, 2.45) is 0 Å². The first-order chi connectivity index (χ1) is 12.7. The molecule has 1 atom stereocenters. The minimum atomic E-state index is -0.919. The van der Waals surface area contributed by atoms with Gasteiger partial charge in [-0.2, -0.15) is 5.10 Å². The Morgan fingerprint density at radius 2 is 1.85 bits per heavy atom. The van der Waals surface area contributed by atoms with E-state index in [-0.39, 0.29) is 12.4 Å². The second-order valence-corrected chi connectivity index (χ2v) is 6.03. The number of para-hydroxylation sites is 1. The highest BCUT2D eigenvalue weighted by Crippen LogP contribution is 2.34. The number of nitrogens with one attached hydrogen (secondary N) is 1. The van der Waals surface area contributed by atoms with E-state index in [2.05, 4.69) is 15.2 Å². The maximum Gasteiger partial charge on any atom is 0.181 e. The standard InChI is InChI=1S/C20H17N3O3/c24-11-18(26)13-5-3-4-12(8-13)14-9-16-19(22-23-20(16)21-10-14)15-6-1-2-7-17(15)25/h1-10,18,24-26H,11H2,(H,21,22,23). The van der Waals surface area contributed by atoms with Crippen molar-refractivity contribution in [1.29, 1.82) is 0 Å². The van der Waals surface area contributed by atoms with E-state index in [1.54, 1.807) is 24.4 Å². The summed E-state index contributed by atoms with van der Waals surface area (Å²) in [5, 5.41) is 37.1. The molecule has 6 heteroatoms. The van der Waals surface area contributed by atoms with E-state index >= 15 is 0 Å². The van der Waals surface area contributed by atoms with E-state index < -0.39 is 6.10 Å². The summed E-state index contributed by atoms with van der Waals surface area (Å²) in [6.45, 7) is -0.333. The van der Waals surface area contributed by atoms with Crippen LogP contribution in [-0.2, 0) is 0 Å². The third kappa shape index (κ3) is 2.81. The van der Waals surface area contributed by atoms with E-state index in [1.165, 1.54) is 0 Å². The Labute approximate surface area is 149 Å². The number of phenols is 1. The molecule has 2 aromatic heterocycles. The molecule has 130 valence electrons. The summed E-state index contributed by atoms with van der Waals surface area (Å²) in [7, 11) is 0. The van der Waals surface area contributed by atoms with Gasteiger partial charge in [-0.25, -0.2) is 4.98 Å². The van der Waals surface area contributed by atoms with Gasteiger partial charge in [0, 0.05) is 22.7 Å². The number of aliphatic hydroxyl groups is 2. The molecule has 6 nitrogen and oxygen atoms in total. The maximum atomic E-state index is 10.1. The first-order valence-electron chi connectivity index (χ1n) is 8.19. The third-order valence-electron chi connectivity index (χ3n) is 4.36. The van der Waals surface area contributed by atoms with Crippen molar-refractivity contribution in [3.63, 3.8) is 0 Å². The average molecular weight is 347 g/mol. The number of aliphatic hydroxyl groups excluding tert-OH is 2. The highest BCUT2D eigenvalue weighted by Gasteiger charge is 2.14. The number of phenolic OH excluding ortho intramolecular Hbond substituents is 1. The zero-order valence-corrected chi connectivity index (χ0v) is 13.8. The van der Waals surface area contributed by atoms with E-state index in [9.17, 15) is 10.2 Å².